The molecule has 4 N–H and O–H groups in total. The van der Waals surface area contributed by atoms with E-state index in [1.54, 1.807) is 0 Å². The molecular formula is C9H19N3OS. The van der Waals surface area contributed by atoms with Crippen molar-refractivity contribution in [1.82, 2.24) is 5.32 Å². The van der Waals surface area contributed by atoms with Gasteiger partial charge in [0.2, 0.25) is 0 Å². The molecule has 14 heavy (non-hydrogen) atoms. The molecule has 0 saturated heterocycles. The molecule has 0 amide bonds. The molecule has 0 radical (unpaired) electrons. The quantitative estimate of drug-likeness (QED) is 0.267. The third kappa shape index (κ3) is 3.06. The first-order valence-electron chi connectivity index (χ1n) is 4.87. The smallest absolute Gasteiger partial charge is 0.143 e. The summed E-state index contributed by atoms with van der Waals surface area (Å²) in [5.74, 6) is 0.393. The molecular weight excluding hydrogens is 198 g/mol. The molecule has 0 aromatic rings. The van der Waals surface area contributed by atoms with Crippen molar-refractivity contribution in [3.63, 3.8) is 0 Å². The van der Waals surface area contributed by atoms with Crippen LogP contribution in [0.4, 0.5) is 0 Å². The third-order valence-corrected chi connectivity index (χ3v) is 4.18. The van der Waals surface area contributed by atoms with Gasteiger partial charge in [-0.15, -0.1) is 0 Å². The summed E-state index contributed by atoms with van der Waals surface area (Å²) in [4.78, 5) is 0. The van der Waals surface area contributed by atoms with Gasteiger partial charge in [-0.25, -0.2) is 0 Å². The molecule has 0 bridgehead atoms. The molecule has 0 heterocycles. The lowest BCUT2D eigenvalue weighted by Crippen LogP contribution is -2.35. The minimum Gasteiger partial charge on any atom is -0.409 e. The molecule has 0 aliphatic heterocycles. The normalized spacial score (nSPS) is 22.0. The average Bonchev–Trinajstić information content (AvgIpc) is 2.97. The molecule has 1 aliphatic carbocycles. The lowest BCUT2D eigenvalue weighted by atomic mass is 10.1. The van der Waals surface area contributed by atoms with Crippen LogP contribution in [0.15, 0.2) is 5.16 Å². The Hall–Kier alpha value is -0.420. The molecule has 1 aliphatic rings. The summed E-state index contributed by atoms with van der Waals surface area (Å²) in [7, 11) is 0. The number of nitrogens with two attached hydrogens (primary N) is 1. The predicted octanol–water partition coefficient (Wildman–Crippen LogP) is 0.854. The zero-order chi connectivity index (χ0) is 10.6. The number of hydrogen-bond acceptors (Lipinski definition) is 4. The summed E-state index contributed by atoms with van der Waals surface area (Å²) < 4.78 is 0.477. The van der Waals surface area contributed by atoms with Gasteiger partial charge >= 0.3 is 0 Å². The van der Waals surface area contributed by atoms with Crippen molar-refractivity contribution in [3.8, 4) is 0 Å². The summed E-state index contributed by atoms with van der Waals surface area (Å²) in [6, 6.07) is 0. The van der Waals surface area contributed by atoms with Gasteiger partial charge in [-0.05, 0) is 19.1 Å². The first kappa shape index (κ1) is 11.7. The molecule has 1 saturated carbocycles. The van der Waals surface area contributed by atoms with Gasteiger partial charge in [0.1, 0.15) is 5.84 Å². The first-order valence-corrected chi connectivity index (χ1v) is 6.09. The number of oxime groups is 1. The van der Waals surface area contributed by atoms with Gasteiger partial charge in [0.15, 0.2) is 0 Å². The van der Waals surface area contributed by atoms with E-state index in [1.165, 1.54) is 12.8 Å². The fourth-order valence-corrected chi connectivity index (χ4v) is 2.07. The zero-order valence-corrected chi connectivity index (χ0v) is 9.60. The van der Waals surface area contributed by atoms with E-state index in [4.69, 9.17) is 10.9 Å². The molecule has 1 unspecified atom stereocenters. The van der Waals surface area contributed by atoms with Gasteiger partial charge in [0.25, 0.3) is 0 Å². The largest absolute Gasteiger partial charge is 0.409 e. The molecule has 0 aromatic carbocycles. The van der Waals surface area contributed by atoms with E-state index in [0.29, 0.717) is 10.6 Å². The summed E-state index contributed by atoms with van der Waals surface area (Å²) in [5, 5.41) is 14.8. The SMILES string of the molecule is CSC1(CNCC(C)C(N)=NO)CC1. The van der Waals surface area contributed by atoms with Crippen LogP contribution in [0.3, 0.4) is 0 Å². The molecule has 5 heteroatoms. The van der Waals surface area contributed by atoms with Crippen molar-refractivity contribution in [2.45, 2.75) is 24.5 Å². The van der Waals surface area contributed by atoms with Crippen molar-refractivity contribution < 1.29 is 5.21 Å². The van der Waals surface area contributed by atoms with E-state index in [1.807, 2.05) is 18.7 Å². The van der Waals surface area contributed by atoms with Crippen LogP contribution in [0, 0.1) is 5.92 Å². The molecule has 1 atom stereocenters. The van der Waals surface area contributed by atoms with Gasteiger partial charge < -0.3 is 16.3 Å². The van der Waals surface area contributed by atoms with Crippen LogP contribution < -0.4 is 11.1 Å². The van der Waals surface area contributed by atoms with Gasteiger partial charge in [0.05, 0.1) is 0 Å². The van der Waals surface area contributed by atoms with Crippen LogP contribution in [0.25, 0.3) is 0 Å². The Kier molecular flexibility index (Phi) is 4.07. The summed E-state index contributed by atoms with van der Waals surface area (Å²) in [5.41, 5.74) is 5.47. The monoisotopic (exact) mass is 217 g/mol. The maximum absolute atomic E-state index is 8.45. The Morgan fingerprint density at radius 1 is 1.71 bits per heavy atom. The van der Waals surface area contributed by atoms with Crippen LogP contribution in [0.2, 0.25) is 0 Å². The van der Waals surface area contributed by atoms with Crippen LogP contribution >= 0.6 is 11.8 Å². The topological polar surface area (TPSA) is 70.6 Å². The number of amidine groups is 1. The summed E-state index contributed by atoms with van der Waals surface area (Å²) in [6.07, 6.45) is 4.76. The molecule has 0 spiro atoms. The standard InChI is InChI=1S/C9H19N3OS/c1-7(8(10)12-13)5-11-6-9(14-2)3-4-9/h7,11,13H,3-6H2,1-2H3,(H2,10,12). The van der Waals surface area contributed by atoms with Gasteiger partial charge in [-0.2, -0.15) is 11.8 Å². The lowest BCUT2D eigenvalue weighted by Gasteiger charge is -2.15. The fourth-order valence-electron chi connectivity index (χ4n) is 1.31. The van der Waals surface area contributed by atoms with Crippen molar-refractivity contribution >= 4 is 17.6 Å². The number of hydrogen-bond donors (Lipinski definition) is 3. The summed E-state index contributed by atoms with van der Waals surface area (Å²) in [6.45, 7) is 3.75. The highest BCUT2D eigenvalue weighted by Gasteiger charge is 2.41. The van der Waals surface area contributed by atoms with Crippen LogP contribution in [0.1, 0.15) is 19.8 Å². The maximum Gasteiger partial charge on any atom is 0.143 e. The minimum absolute atomic E-state index is 0.0951. The Morgan fingerprint density at radius 3 is 2.79 bits per heavy atom. The van der Waals surface area contributed by atoms with E-state index in [0.717, 1.165) is 13.1 Å². The fraction of sp³-hybridized carbons (Fsp3) is 0.889. The zero-order valence-electron chi connectivity index (χ0n) is 8.79. The molecule has 82 valence electrons. The van der Waals surface area contributed by atoms with E-state index < -0.39 is 0 Å². The van der Waals surface area contributed by atoms with E-state index in [9.17, 15) is 0 Å². The molecule has 1 fully saturated rings. The van der Waals surface area contributed by atoms with Crippen LogP contribution in [0.5, 0.6) is 0 Å². The number of thioether (sulfide) groups is 1. The maximum atomic E-state index is 8.45. The molecule has 4 nitrogen and oxygen atoms in total. The van der Waals surface area contributed by atoms with Crippen molar-refractivity contribution in [3.05, 3.63) is 0 Å². The second-order valence-electron chi connectivity index (χ2n) is 3.94. The minimum atomic E-state index is 0.0951. The summed E-state index contributed by atoms with van der Waals surface area (Å²) >= 11 is 1.93. The first-order chi connectivity index (χ1) is 6.63. The Labute approximate surface area is 89.3 Å². The highest BCUT2D eigenvalue weighted by Crippen LogP contribution is 2.46. The van der Waals surface area contributed by atoms with Gasteiger partial charge in [0, 0.05) is 23.8 Å². The van der Waals surface area contributed by atoms with E-state index >= 15 is 0 Å². The number of rotatable bonds is 6. The lowest BCUT2D eigenvalue weighted by molar-refractivity contribution is 0.314. The van der Waals surface area contributed by atoms with Crippen LogP contribution in [-0.2, 0) is 0 Å². The Morgan fingerprint density at radius 2 is 2.36 bits per heavy atom. The van der Waals surface area contributed by atoms with Crippen molar-refractivity contribution in [2.75, 3.05) is 19.3 Å². The average molecular weight is 217 g/mol. The van der Waals surface area contributed by atoms with Crippen molar-refractivity contribution in [1.29, 1.82) is 0 Å². The highest BCUT2D eigenvalue weighted by molar-refractivity contribution is 8.00. The molecule has 1 rings (SSSR count). The Bertz CT molecular complexity index is 216. The molecule has 0 aromatic heterocycles. The van der Waals surface area contributed by atoms with Gasteiger partial charge in [-0.1, -0.05) is 12.1 Å². The van der Waals surface area contributed by atoms with E-state index in [-0.39, 0.29) is 5.92 Å². The highest BCUT2D eigenvalue weighted by atomic mass is 32.2. The Balaban J connectivity index is 2.15. The van der Waals surface area contributed by atoms with Gasteiger partial charge in [-0.3, -0.25) is 0 Å². The van der Waals surface area contributed by atoms with E-state index in [2.05, 4.69) is 16.7 Å². The second kappa shape index (κ2) is 4.89. The second-order valence-corrected chi connectivity index (χ2v) is 5.22. The van der Waals surface area contributed by atoms with Crippen LogP contribution in [-0.4, -0.2) is 35.1 Å². The third-order valence-electron chi connectivity index (χ3n) is 2.76. The number of nitrogens with one attached hydrogen (secondary N) is 1. The number of nitrogens with zero attached hydrogens (tertiary/aromatic N) is 1. The predicted molar refractivity (Wildman–Crippen MR) is 60.9 cm³/mol. The van der Waals surface area contributed by atoms with Crippen molar-refractivity contribution in [2.24, 2.45) is 16.8 Å².